The topological polar surface area (TPSA) is 41.8 Å². The monoisotopic (exact) mass is 206 g/mol. The van der Waals surface area contributed by atoms with Gasteiger partial charge < -0.3 is 10.7 Å². The molecular weight excluding hydrogens is 191 g/mol. The molecule has 0 amide bonds. The summed E-state index contributed by atoms with van der Waals surface area (Å²) in [5.74, 6) is 0.0474. The molecule has 0 fully saturated rings. The van der Waals surface area contributed by atoms with Gasteiger partial charge >= 0.3 is 0 Å². The number of halogens is 1. The molecule has 3 heteroatoms. The van der Waals surface area contributed by atoms with Gasteiger partial charge in [0, 0.05) is 16.6 Å². The largest absolute Gasteiger partial charge is 0.396 e. The van der Waals surface area contributed by atoms with Crippen LogP contribution in [0.4, 0.5) is 10.1 Å². The van der Waals surface area contributed by atoms with Crippen LogP contribution in [0.2, 0.25) is 0 Å². The van der Waals surface area contributed by atoms with E-state index >= 15 is 0 Å². The van der Waals surface area contributed by atoms with Crippen molar-refractivity contribution in [2.75, 3.05) is 5.73 Å². The van der Waals surface area contributed by atoms with Crippen LogP contribution in [0, 0.1) is 12.7 Å². The number of H-pyrrole nitrogens is 1. The van der Waals surface area contributed by atoms with Gasteiger partial charge in [0.25, 0.3) is 0 Å². The number of hydrogen-bond acceptors (Lipinski definition) is 1. The van der Waals surface area contributed by atoms with Crippen LogP contribution in [0.25, 0.3) is 10.9 Å². The van der Waals surface area contributed by atoms with E-state index in [2.05, 4.69) is 18.8 Å². The van der Waals surface area contributed by atoms with Crippen molar-refractivity contribution in [1.82, 2.24) is 4.98 Å². The van der Waals surface area contributed by atoms with Crippen LogP contribution in [-0.2, 0) is 0 Å². The van der Waals surface area contributed by atoms with Gasteiger partial charge in [0.05, 0.1) is 5.69 Å². The minimum Gasteiger partial charge on any atom is -0.396 e. The van der Waals surface area contributed by atoms with Crippen molar-refractivity contribution in [1.29, 1.82) is 0 Å². The van der Waals surface area contributed by atoms with E-state index in [1.807, 2.05) is 13.0 Å². The summed E-state index contributed by atoms with van der Waals surface area (Å²) in [5, 5.41) is 0.624. The number of nitrogen functional groups attached to an aromatic ring is 1. The second-order valence-corrected chi connectivity index (χ2v) is 4.21. The van der Waals surface area contributed by atoms with Gasteiger partial charge in [-0.1, -0.05) is 13.8 Å². The van der Waals surface area contributed by atoms with Crippen molar-refractivity contribution < 1.29 is 4.39 Å². The van der Waals surface area contributed by atoms with Crippen LogP contribution in [0.3, 0.4) is 0 Å². The molecule has 0 saturated heterocycles. The average molecular weight is 206 g/mol. The van der Waals surface area contributed by atoms with Gasteiger partial charge in [-0.05, 0) is 30.5 Å². The number of anilines is 1. The van der Waals surface area contributed by atoms with Crippen molar-refractivity contribution in [2.45, 2.75) is 26.7 Å². The highest BCUT2D eigenvalue weighted by Crippen LogP contribution is 2.30. The Labute approximate surface area is 88.3 Å². The second kappa shape index (κ2) is 3.26. The number of aromatic amines is 1. The Bertz CT molecular complexity index is 512. The molecule has 15 heavy (non-hydrogen) atoms. The van der Waals surface area contributed by atoms with Crippen molar-refractivity contribution in [2.24, 2.45) is 0 Å². The Morgan fingerprint density at radius 2 is 2.00 bits per heavy atom. The van der Waals surface area contributed by atoms with Gasteiger partial charge in [-0.2, -0.15) is 0 Å². The summed E-state index contributed by atoms with van der Waals surface area (Å²) < 4.78 is 13.8. The van der Waals surface area contributed by atoms with E-state index in [-0.39, 0.29) is 11.5 Å². The third-order valence-corrected chi connectivity index (χ3v) is 2.80. The van der Waals surface area contributed by atoms with Crippen LogP contribution in [0.1, 0.15) is 31.0 Å². The van der Waals surface area contributed by atoms with Gasteiger partial charge in [-0.3, -0.25) is 0 Å². The number of fused-ring (bicyclic) bond motifs is 1. The lowest BCUT2D eigenvalue weighted by molar-refractivity contribution is 0.644. The van der Waals surface area contributed by atoms with Gasteiger partial charge in [-0.25, -0.2) is 4.39 Å². The molecule has 1 aromatic heterocycles. The molecule has 1 heterocycles. The summed E-state index contributed by atoms with van der Waals surface area (Å²) in [6.07, 6.45) is 0. The number of hydrogen-bond donors (Lipinski definition) is 2. The summed E-state index contributed by atoms with van der Waals surface area (Å²) in [6, 6.07) is 3.42. The number of nitrogens with two attached hydrogens (primary N) is 1. The molecule has 3 N–H and O–H groups in total. The predicted octanol–water partition coefficient (Wildman–Crippen LogP) is 3.32. The molecule has 0 saturated carbocycles. The highest BCUT2D eigenvalue weighted by atomic mass is 19.1. The smallest absolute Gasteiger partial charge is 0.155 e. The Morgan fingerprint density at radius 3 is 2.60 bits per heavy atom. The maximum absolute atomic E-state index is 13.8. The normalized spacial score (nSPS) is 11.5. The Morgan fingerprint density at radius 1 is 1.33 bits per heavy atom. The van der Waals surface area contributed by atoms with Crippen molar-refractivity contribution in [3.63, 3.8) is 0 Å². The summed E-state index contributed by atoms with van der Waals surface area (Å²) in [4.78, 5) is 3.24. The predicted molar refractivity (Wildman–Crippen MR) is 61.5 cm³/mol. The quantitative estimate of drug-likeness (QED) is 0.690. The van der Waals surface area contributed by atoms with Gasteiger partial charge in [0.2, 0.25) is 0 Å². The molecule has 0 bridgehead atoms. The maximum Gasteiger partial charge on any atom is 0.155 e. The van der Waals surface area contributed by atoms with Crippen molar-refractivity contribution >= 4 is 16.6 Å². The lowest BCUT2D eigenvalue weighted by Gasteiger charge is -2.02. The van der Waals surface area contributed by atoms with E-state index in [1.54, 1.807) is 6.07 Å². The summed E-state index contributed by atoms with van der Waals surface area (Å²) in [7, 11) is 0. The Balaban J connectivity index is 2.83. The molecule has 1 aromatic carbocycles. The van der Waals surface area contributed by atoms with Crippen molar-refractivity contribution in [3.05, 3.63) is 29.2 Å². The molecule has 2 aromatic rings. The number of rotatable bonds is 1. The highest BCUT2D eigenvalue weighted by Gasteiger charge is 2.15. The number of nitrogens with one attached hydrogen (secondary N) is 1. The first-order valence-electron chi connectivity index (χ1n) is 5.08. The van der Waals surface area contributed by atoms with Gasteiger partial charge in [-0.15, -0.1) is 0 Å². The highest BCUT2D eigenvalue weighted by molar-refractivity contribution is 5.88. The first-order chi connectivity index (χ1) is 7.02. The van der Waals surface area contributed by atoms with Gasteiger partial charge in [0.1, 0.15) is 0 Å². The minimum absolute atomic E-state index is 0.208. The zero-order chi connectivity index (χ0) is 11.2. The van der Waals surface area contributed by atoms with E-state index in [4.69, 9.17) is 5.73 Å². The van der Waals surface area contributed by atoms with Crippen molar-refractivity contribution in [3.8, 4) is 0 Å². The molecule has 2 nitrogen and oxygen atoms in total. The van der Waals surface area contributed by atoms with E-state index in [0.717, 1.165) is 16.8 Å². The van der Waals surface area contributed by atoms with Crippen LogP contribution in [0.5, 0.6) is 0 Å². The number of benzene rings is 1. The molecular formula is C12H15FN2. The van der Waals surface area contributed by atoms with Crippen LogP contribution < -0.4 is 5.73 Å². The fraction of sp³-hybridized carbons (Fsp3) is 0.333. The summed E-state index contributed by atoms with van der Waals surface area (Å²) in [6.45, 7) is 6.09. The summed E-state index contributed by atoms with van der Waals surface area (Å²) in [5.41, 5.74) is 8.62. The van der Waals surface area contributed by atoms with E-state index in [0.29, 0.717) is 11.3 Å². The zero-order valence-corrected chi connectivity index (χ0v) is 9.19. The SMILES string of the molecule is Cc1c(C(C)C)[nH]c2ccc(N)c(F)c12. The van der Waals surface area contributed by atoms with Crippen LogP contribution >= 0.6 is 0 Å². The molecule has 0 radical (unpaired) electrons. The van der Waals surface area contributed by atoms with Crippen LogP contribution in [-0.4, -0.2) is 4.98 Å². The molecule has 0 spiro atoms. The van der Waals surface area contributed by atoms with E-state index in [9.17, 15) is 4.39 Å². The Hall–Kier alpha value is -1.51. The van der Waals surface area contributed by atoms with E-state index < -0.39 is 0 Å². The van der Waals surface area contributed by atoms with Gasteiger partial charge in [0.15, 0.2) is 5.82 Å². The maximum atomic E-state index is 13.8. The lowest BCUT2D eigenvalue weighted by atomic mass is 10.0. The fourth-order valence-corrected chi connectivity index (χ4v) is 2.01. The fourth-order valence-electron chi connectivity index (χ4n) is 2.01. The number of aryl methyl sites for hydroxylation is 1. The summed E-state index contributed by atoms with van der Waals surface area (Å²) >= 11 is 0. The second-order valence-electron chi connectivity index (χ2n) is 4.21. The Kier molecular flexibility index (Phi) is 2.18. The average Bonchev–Trinajstić information content (AvgIpc) is 2.50. The van der Waals surface area contributed by atoms with Crippen LogP contribution in [0.15, 0.2) is 12.1 Å². The lowest BCUT2D eigenvalue weighted by Crippen LogP contribution is -1.91. The molecule has 0 unspecified atom stereocenters. The molecule has 0 aliphatic heterocycles. The zero-order valence-electron chi connectivity index (χ0n) is 9.19. The third-order valence-electron chi connectivity index (χ3n) is 2.80. The molecule has 0 atom stereocenters. The minimum atomic E-state index is -0.312. The molecule has 80 valence electrons. The molecule has 2 rings (SSSR count). The molecule has 0 aliphatic rings. The third kappa shape index (κ3) is 1.39. The first-order valence-corrected chi connectivity index (χ1v) is 5.08. The number of aromatic nitrogens is 1. The molecule has 0 aliphatic carbocycles. The standard InChI is InChI=1S/C12H15FN2/c1-6(2)12-7(3)10-9(15-12)5-4-8(14)11(10)13/h4-6,15H,14H2,1-3H3. The first kappa shape index (κ1) is 10.0. The van der Waals surface area contributed by atoms with E-state index in [1.165, 1.54) is 0 Å².